The maximum Gasteiger partial charge on any atom is 0.320 e. The molecular weight excluding hydrogens is 244 g/mol. The zero-order chi connectivity index (χ0) is 12.0. The van der Waals surface area contributed by atoms with E-state index in [9.17, 15) is 4.79 Å². The van der Waals surface area contributed by atoms with Crippen molar-refractivity contribution >= 4 is 18.4 Å². The molecule has 17 heavy (non-hydrogen) atoms. The molecule has 0 unspecified atom stereocenters. The lowest BCUT2D eigenvalue weighted by molar-refractivity contribution is -0.138. The van der Waals surface area contributed by atoms with E-state index in [1.165, 1.54) is 0 Å². The monoisotopic (exact) mass is 256 g/mol. The number of hydrogen-bond donors (Lipinski definition) is 2. The van der Waals surface area contributed by atoms with Crippen molar-refractivity contribution in [3.05, 3.63) is 45.8 Å². The number of halogens is 1. The van der Waals surface area contributed by atoms with Gasteiger partial charge >= 0.3 is 5.97 Å². The van der Waals surface area contributed by atoms with Crippen molar-refractivity contribution in [1.29, 1.82) is 0 Å². The molecule has 0 aliphatic rings. The van der Waals surface area contributed by atoms with Gasteiger partial charge in [0.2, 0.25) is 0 Å². The fourth-order valence-electron chi connectivity index (χ4n) is 1.24. The van der Waals surface area contributed by atoms with Gasteiger partial charge in [-0.25, -0.2) is 0 Å². The summed E-state index contributed by atoms with van der Waals surface area (Å²) < 4.78 is 0. The summed E-state index contributed by atoms with van der Waals surface area (Å²) >= 11 is 0. The number of carbonyl (C=O) groups is 1. The third-order valence-corrected chi connectivity index (χ3v) is 2.11. The van der Waals surface area contributed by atoms with Gasteiger partial charge in [-0.2, -0.15) is 0 Å². The SMILES string of the molecule is Cl.[N-]=[N+]=NCc1ccc(C[C@@H](N)C(=O)O)cc1. The van der Waals surface area contributed by atoms with E-state index in [1.807, 2.05) is 0 Å². The number of rotatable bonds is 5. The number of aliphatic carboxylic acids is 1. The van der Waals surface area contributed by atoms with Crippen molar-refractivity contribution in [2.45, 2.75) is 19.0 Å². The molecule has 1 rings (SSSR count). The van der Waals surface area contributed by atoms with E-state index in [-0.39, 0.29) is 18.8 Å². The Morgan fingerprint density at radius 1 is 1.41 bits per heavy atom. The molecular formula is C10H13ClN4O2. The summed E-state index contributed by atoms with van der Waals surface area (Å²) in [4.78, 5) is 13.2. The molecule has 0 aromatic heterocycles. The number of nitrogens with two attached hydrogens (primary N) is 1. The van der Waals surface area contributed by atoms with Crippen LogP contribution in [0.4, 0.5) is 0 Å². The third kappa shape index (κ3) is 5.21. The number of azide groups is 1. The van der Waals surface area contributed by atoms with Crippen molar-refractivity contribution in [3.63, 3.8) is 0 Å². The molecule has 0 aliphatic heterocycles. The van der Waals surface area contributed by atoms with Crippen LogP contribution in [0, 0.1) is 0 Å². The molecule has 1 atom stereocenters. The average Bonchev–Trinajstić information content (AvgIpc) is 2.28. The highest BCUT2D eigenvalue weighted by atomic mass is 35.5. The van der Waals surface area contributed by atoms with Gasteiger partial charge in [-0.05, 0) is 23.1 Å². The van der Waals surface area contributed by atoms with E-state index in [4.69, 9.17) is 16.4 Å². The molecule has 0 saturated heterocycles. The molecule has 1 aromatic rings. The minimum atomic E-state index is -1.02. The molecule has 6 nitrogen and oxygen atoms in total. The molecule has 0 aliphatic carbocycles. The summed E-state index contributed by atoms with van der Waals surface area (Å²) in [5.41, 5.74) is 15.3. The van der Waals surface area contributed by atoms with Gasteiger partial charge in [0.15, 0.2) is 0 Å². The van der Waals surface area contributed by atoms with E-state index in [1.54, 1.807) is 24.3 Å². The van der Waals surface area contributed by atoms with Crippen molar-refractivity contribution in [2.24, 2.45) is 10.8 Å². The van der Waals surface area contributed by atoms with Crippen LogP contribution in [0.5, 0.6) is 0 Å². The van der Waals surface area contributed by atoms with E-state index in [2.05, 4.69) is 10.0 Å². The first-order chi connectivity index (χ1) is 7.63. The Morgan fingerprint density at radius 2 is 1.94 bits per heavy atom. The van der Waals surface area contributed by atoms with Crippen LogP contribution in [-0.2, 0) is 17.8 Å². The molecule has 92 valence electrons. The third-order valence-electron chi connectivity index (χ3n) is 2.11. The Hall–Kier alpha value is -1.75. The van der Waals surface area contributed by atoms with Gasteiger partial charge in [0.05, 0.1) is 6.54 Å². The first kappa shape index (κ1) is 15.2. The normalized spacial score (nSPS) is 10.9. The smallest absolute Gasteiger partial charge is 0.320 e. The second kappa shape index (κ2) is 7.51. The molecule has 3 N–H and O–H groups in total. The summed E-state index contributed by atoms with van der Waals surface area (Å²) in [6.07, 6.45) is 0.289. The van der Waals surface area contributed by atoms with Gasteiger partial charge in [-0.3, -0.25) is 4.79 Å². The Labute approximate surface area is 104 Å². The number of nitrogens with zero attached hydrogens (tertiary/aromatic N) is 3. The summed E-state index contributed by atoms with van der Waals surface area (Å²) in [5, 5.41) is 12.1. The number of hydrogen-bond acceptors (Lipinski definition) is 3. The lowest BCUT2D eigenvalue weighted by atomic mass is 10.0. The van der Waals surface area contributed by atoms with Gasteiger partial charge in [-0.1, -0.05) is 29.4 Å². The Bertz CT molecular complexity index is 415. The van der Waals surface area contributed by atoms with Gasteiger partial charge in [0.25, 0.3) is 0 Å². The second-order valence-corrected chi connectivity index (χ2v) is 3.35. The molecule has 0 radical (unpaired) electrons. The molecule has 0 fully saturated rings. The summed E-state index contributed by atoms with van der Waals surface area (Å²) in [7, 11) is 0. The minimum absolute atomic E-state index is 0. The summed E-state index contributed by atoms with van der Waals surface area (Å²) in [5.74, 6) is -1.02. The number of benzene rings is 1. The van der Waals surface area contributed by atoms with Crippen LogP contribution >= 0.6 is 12.4 Å². The molecule has 0 spiro atoms. The first-order valence-electron chi connectivity index (χ1n) is 4.70. The zero-order valence-electron chi connectivity index (χ0n) is 8.98. The topological polar surface area (TPSA) is 112 Å². The van der Waals surface area contributed by atoms with Crippen molar-refractivity contribution < 1.29 is 9.90 Å². The van der Waals surface area contributed by atoms with Crippen LogP contribution in [0.25, 0.3) is 10.4 Å². The average molecular weight is 257 g/mol. The molecule has 1 aromatic carbocycles. The quantitative estimate of drug-likeness (QED) is 0.476. The fraction of sp³-hybridized carbons (Fsp3) is 0.300. The summed E-state index contributed by atoms with van der Waals surface area (Å²) in [6.45, 7) is 0.293. The summed E-state index contributed by atoms with van der Waals surface area (Å²) in [6, 6.07) is 6.26. The molecule has 0 heterocycles. The van der Waals surface area contributed by atoms with E-state index in [0.29, 0.717) is 6.54 Å². The van der Waals surface area contributed by atoms with Gasteiger partial charge in [0.1, 0.15) is 6.04 Å². The van der Waals surface area contributed by atoms with Crippen LogP contribution in [0.1, 0.15) is 11.1 Å². The number of carboxylic acid groups (broad SMARTS) is 1. The molecule has 0 bridgehead atoms. The highest BCUT2D eigenvalue weighted by Crippen LogP contribution is 2.07. The Balaban J connectivity index is 0.00000256. The van der Waals surface area contributed by atoms with Crippen LogP contribution in [-0.4, -0.2) is 17.1 Å². The van der Waals surface area contributed by atoms with Gasteiger partial charge in [-0.15, -0.1) is 12.4 Å². The lowest BCUT2D eigenvalue weighted by Crippen LogP contribution is -2.32. The van der Waals surface area contributed by atoms with Crippen LogP contribution in [0.15, 0.2) is 29.4 Å². The molecule has 0 amide bonds. The van der Waals surface area contributed by atoms with Gasteiger partial charge < -0.3 is 10.8 Å². The van der Waals surface area contributed by atoms with Crippen molar-refractivity contribution in [3.8, 4) is 0 Å². The molecule has 7 heteroatoms. The van der Waals surface area contributed by atoms with Crippen LogP contribution < -0.4 is 5.73 Å². The Kier molecular flexibility index (Phi) is 6.74. The fourth-order valence-corrected chi connectivity index (χ4v) is 1.24. The Morgan fingerprint density at radius 3 is 2.41 bits per heavy atom. The predicted octanol–water partition coefficient (Wildman–Crippen LogP) is 1.87. The van der Waals surface area contributed by atoms with Crippen LogP contribution in [0.2, 0.25) is 0 Å². The van der Waals surface area contributed by atoms with Crippen molar-refractivity contribution in [1.82, 2.24) is 0 Å². The second-order valence-electron chi connectivity index (χ2n) is 3.35. The lowest BCUT2D eigenvalue weighted by Gasteiger charge is -2.06. The predicted molar refractivity (Wildman–Crippen MR) is 65.9 cm³/mol. The maximum absolute atomic E-state index is 10.5. The standard InChI is InChI=1S/C10H12N4O2.ClH/c11-9(10(15)16)5-7-1-3-8(4-2-7)6-13-14-12;/h1-4,9H,5-6,11H2,(H,15,16);1H/t9-;/m1./s1. The van der Waals surface area contributed by atoms with Crippen LogP contribution in [0.3, 0.4) is 0 Å². The largest absolute Gasteiger partial charge is 0.480 e. The molecule has 0 saturated carbocycles. The highest BCUT2D eigenvalue weighted by molar-refractivity contribution is 5.85. The first-order valence-corrected chi connectivity index (χ1v) is 4.70. The van der Waals surface area contributed by atoms with E-state index in [0.717, 1.165) is 11.1 Å². The van der Waals surface area contributed by atoms with Gasteiger partial charge in [0, 0.05) is 4.91 Å². The van der Waals surface area contributed by atoms with E-state index >= 15 is 0 Å². The highest BCUT2D eigenvalue weighted by Gasteiger charge is 2.11. The minimum Gasteiger partial charge on any atom is -0.480 e. The zero-order valence-corrected chi connectivity index (χ0v) is 9.80. The maximum atomic E-state index is 10.5. The number of carboxylic acids is 1. The van der Waals surface area contributed by atoms with Crippen molar-refractivity contribution in [2.75, 3.05) is 0 Å². The van der Waals surface area contributed by atoms with E-state index < -0.39 is 12.0 Å².